The van der Waals surface area contributed by atoms with Crippen molar-refractivity contribution < 1.29 is 49.0 Å². The lowest BCUT2D eigenvalue weighted by Gasteiger charge is -2.25. The van der Waals surface area contributed by atoms with Gasteiger partial charge in [0.1, 0.15) is 22.2 Å². The first-order valence-electron chi connectivity index (χ1n) is 9.49. The summed E-state index contributed by atoms with van der Waals surface area (Å²) < 4.78 is 122. The number of nitrogens with two attached hydrogens (primary N) is 1. The quantitative estimate of drug-likeness (QED) is 0.475. The highest BCUT2D eigenvalue weighted by molar-refractivity contribution is 5.93. The number of nitrogens with zero attached hydrogens (tertiary/aromatic N) is 4. The molecule has 36 heavy (non-hydrogen) atoms. The Bertz CT molecular complexity index is 1370. The van der Waals surface area contributed by atoms with Crippen molar-refractivity contribution in [1.82, 2.24) is 15.0 Å². The van der Waals surface area contributed by atoms with E-state index in [1.54, 1.807) is 6.07 Å². The average molecular weight is 525 g/mol. The number of amides is 1. The molecular weight excluding hydrogens is 513 g/mol. The zero-order valence-corrected chi connectivity index (χ0v) is 17.7. The number of fused-ring (bicyclic) bond motifs is 1. The van der Waals surface area contributed by atoms with Crippen LogP contribution in [0.5, 0.6) is 5.75 Å². The van der Waals surface area contributed by atoms with Crippen molar-refractivity contribution in [2.45, 2.75) is 37.6 Å². The Kier molecular flexibility index (Phi) is 6.33. The minimum absolute atomic E-state index is 0.156. The van der Waals surface area contributed by atoms with Crippen molar-refractivity contribution in [2.24, 2.45) is 5.73 Å². The van der Waals surface area contributed by atoms with Crippen molar-refractivity contribution in [3.8, 4) is 11.8 Å². The second-order valence-corrected chi connectivity index (χ2v) is 7.68. The lowest BCUT2D eigenvalue weighted by molar-refractivity contribution is -0.275. The van der Waals surface area contributed by atoms with Gasteiger partial charge in [-0.1, -0.05) is 0 Å². The van der Waals surface area contributed by atoms with Crippen LogP contribution in [0.4, 0.5) is 39.5 Å². The molecule has 1 atom stereocenters. The standard InChI is InChI=1S/C20H12F9N5O2/c1-17(7-30,11-4-9(16(31)35)2-3-14(11)36-20(27,28)29)8-34-32-13-6-10(18(21,22)23)5-12(15(13)33-34)19(24,25)26/h2-6H,8H2,1H3,(H2,31,35). The predicted octanol–water partition coefficient (Wildman–Crippen LogP) is 4.95. The maximum atomic E-state index is 13.4. The molecule has 0 saturated carbocycles. The third-order valence-electron chi connectivity index (χ3n) is 4.95. The molecule has 7 nitrogen and oxygen atoms in total. The molecule has 0 spiro atoms. The molecule has 0 aliphatic heterocycles. The number of carbonyl (C=O) groups is 1. The first-order chi connectivity index (χ1) is 16.3. The molecule has 3 rings (SSSR count). The van der Waals surface area contributed by atoms with Crippen LogP contribution < -0.4 is 10.5 Å². The lowest BCUT2D eigenvalue weighted by Crippen LogP contribution is -2.30. The molecule has 2 N–H and O–H groups in total. The van der Waals surface area contributed by atoms with Gasteiger partial charge in [-0.25, -0.2) is 0 Å². The summed E-state index contributed by atoms with van der Waals surface area (Å²) in [6.07, 6.45) is -15.6. The molecule has 192 valence electrons. The Morgan fingerprint density at radius 3 is 2.14 bits per heavy atom. The van der Waals surface area contributed by atoms with Gasteiger partial charge in [0.2, 0.25) is 5.91 Å². The number of primary amides is 1. The molecule has 0 radical (unpaired) electrons. The summed E-state index contributed by atoms with van der Waals surface area (Å²) in [4.78, 5) is 12.0. The Morgan fingerprint density at radius 1 is 1.00 bits per heavy atom. The number of halogens is 9. The van der Waals surface area contributed by atoms with E-state index in [9.17, 15) is 49.6 Å². The molecule has 1 aromatic heterocycles. The smallest absolute Gasteiger partial charge is 0.405 e. The molecule has 2 aromatic carbocycles. The van der Waals surface area contributed by atoms with Crippen LogP contribution in [0.1, 0.15) is 34.0 Å². The summed E-state index contributed by atoms with van der Waals surface area (Å²) in [5, 5.41) is 16.9. The Balaban J connectivity index is 2.18. The van der Waals surface area contributed by atoms with E-state index in [1.807, 2.05) is 0 Å². The number of hydrogen-bond donors (Lipinski definition) is 1. The van der Waals surface area contributed by atoms with Gasteiger partial charge >= 0.3 is 18.7 Å². The van der Waals surface area contributed by atoms with Crippen molar-refractivity contribution >= 4 is 16.9 Å². The van der Waals surface area contributed by atoms with Crippen LogP contribution in [-0.4, -0.2) is 27.3 Å². The maximum Gasteiger partial charge on any atom is 0.573 e. The maximum absolute atomic E-state index is 13.4. The largest absolute Gasteiger partial charge is 0.573 e. The number of aromatic nitrogens is 3. The number of benzene rings is 2. The fourth-order valence-electron chi connectivity index (χ4n) is 3.30. The van der Waals surface area contributed by atoms with E-state index < -0.39 is 70.1 Å². The number of carbonyl (C=O) groups excluding carboxylic acids is 1. The summed E-state index contributed by atoms with van der Waals surface area (Å²) in [5.41, 5.74) is -3.04. The molecule has 1 amide bonds. The van der Waals surface area contributed by atoms with Crippen LogP contribution in [0.15, 0.2) is 30.3 Å². The molecule has 0 saturated heterocycles. The van der Waals surface area contributed by atoms with Crippen LogP contribution in [0.25, 0.3) is 11.0 Å². The number of nitriles is 1. The molecule has 0 aliphatic rings. The van der Waals surface area contributed by atoms with Crippen LogP contribution in [0.2, 0.25) is 0 Å². The zero-order valence-electron chi connectivity index (χ0n) is 17.7. The summed E-state index contributed by atoms with van der Waals surface area (Å²) in [7, 11) is 0. The van der Waals surface area contributed by atoms with Crippen molar-refractivity contribution in [3.63, 3.8) is 0 Å². The zero-order chi connectivity index (χ0) is 27.3. The number of hydrogen-bond acceptors (Lipinski definition) is 5. The van der Waals surface area contributed by atoms with Crippen molar-refractivity contribution in [1.29, 1.82) is 5.26 Å². The fourth-order valence-corrected chi connectivity index (χ4v) is 3.30. The fraction of sp³-hybridized carbons (Fsp3) is 0.300. The number of rotatable bonds is 5. The minimum Gasteiger partial charge on any atom is -0.405 e. The van der Waals surface area contributed by atoms with Gasteiger partial charge in [0, 0.05) is 11.1 Å². The monoisotopic (exact) mass is 525 g/mol. The highest BCUT2D eigenvalue weighted by atomic mass is 19.4. The summed E-state index contributed by atoms with van der Waals surface area (Å²) in [5.74, 6) is -2.00. The Hall–Kier alpha value is -4.03. The summed E-state index contributed by atoms with van der Waals surface area (Å²) in [6, 6.07) is 4.23. The lowest BCUT2D eigenvalue weighted by atomic mass is 9.82. The van der Waals surface area contributed by atoms with E-state index in [-0.39, 0.29) is 11.6 Å². The molecule has 0 bridgehead atoms. The number of alkyl halides is 9. The highest BCUT2D eigenvalue weighted by Gasteiger charge is 2.41. The second kappa shape index (κ2) is 8.57. The predicted molar refractivity (Wildman–Crippen MR) is 102 cm³/mol. The van der Waals surface area contributed by atoms with Gasteiger partial charge in [-0.2, -0.15) is 46.6 Å². The first-order valence-corrected chi connectivity index (χ1v) is 9.49. The van der Waals surface area contributed by atoms with E-state index >= 15 is 0 Å². The van der Waals surface area contributed by atoms with Gasteiger partial charge in [-0.15, -0.1) is 13.2 Å². The van der Waals surface area contributed by atoms with Gasteiger partial charge in [0.15, 0.2) is 0 Å². The molecule has 0 aliphatic carbocycles. The summed E-state index contributed by atoms with van der Waals surface area (Å²) >= 11 is 0. The van der Waals surface area contributed by atoms with Crippen LogP contribution in [0.3, 0.4) is 0 Å². The third kappa shape index (κ3) is 5.44. The highest BCUT2D eigenvalue weighted by Crippen LogP contribution is 2.40. The van der Waals surface area contributed by atoms with Crippen LogP contribution in [0, 0.1) is 11.3 Å². The molecule has 1 heterocycles. The van der Waals surface area contributed by atoms with Crippen molar-refractivity contribution in [2.75, 3.05) is 0 Å². The summed E-state index contributed by atoms with van der Waals surface area (Å²) in [6.45, 7) is 0.198. The van der Waals surface area contributed by atoms with Gasteiger partial charge in [0.25, 0.3) is 0 Å². The van der Waals surface area contributed by atoms with E-state index in [0.29, 0.717) is 16.9 Å². The molecule has 3 aromatic rings. The minimum atomic E-state index is -5.26. The van der Waals surface area contributed by atoms with Crippen molar-refractivity contribution in [3.05, 3.63) is 52.6 Å². The SMILES string of the molecule is CC(C#N)(Cn1nc2cc(C(F)(F)F)cc(C(F)(F)F)c2n1)c1cc(C(N)=O)ccc1OC(F)(F)F. The van der Waals surface area contributed by atoms with Crippen LogP contribution in [-0.2, 0) is 24.3 Å². The Labute approximate surface area is 194 Å². The van der Waals surface area contributed by atoms with E-state index in [1.165, 1.54) is 0 Å². The molecule has 1 unspecified atom stereocenters. The second-order valence-electron chi connectivity index (χ2n) is 7.68. The van der Waals surface area contributed by atoms with Gasteiger partial charge in [-0.05, 0) is 37.3 Å². The van der Waals surface area contributed by atoms with Gasteiger partial charge < -0.3 is 10.5 Å². The third-order valence-corrected chi connectivity index (χ3v) is 4.95. The average Bonchev–Trinajstić information content (AvgIpc) is 3.12. The molecule has 16 heteroatoms. The van der Waals surface area contributed by atoms with E-state index in [0.717, 1.165) is 19.1 Å². The molecular formula is C20H12F9N5O2. The van der Waals surface area contributed by atoms with Crippen LogP contribution >= 0.6 is 0 Å². The number of ether oxygens (including phenoxy) is 1. The first kappa shape index (κ1) is 26.6. The molecule has 0 fully saturated rings. The van der Waals surface area contributed by atoms with Gasteiger partial charge in [0.05, 0.1) is 23.7 Å². The normalized spacial score (nSPS) is 14.4. The Morgan fingerprint density at radius 2 is 1.64 bits per heavy atom. The van der Waals surface area contributed by atoms with E-state index in [4.69, 9.17) is 5.73 Å². The van der Waals surface area contributed by atoms with E-state index in [2.05, 4.69) is 14.9 Å². The van der Waals surface area contributed by atoms with Gasteiger partial charge in [-0.3, -0.25) is 4.79 Å². The topological polar surface area (TPSA) is 107 Å².